The Morgan fingerprint density at radius 2 is 2.07 bits per heavy atom. The van der Waals surface area contributed by atoms with Crippen molar-refractivity contribution in [3.63, 3.8) is 0 Å². The number of rotatable bonds is 4. The molecule has 0 radical (unpaired) electrons. The monoisotopic (exact) mass is 213 g/mol. The molecule has 0 atom stereocenters. The van der Waals surface area contributed by atoms with Crippen LogP contribution in [0.1, 0.15) is 25.7 Å². The summed E-state index contributed by atoms with van der Waals surface area (Å²) in [5.41, 5.74) is -0.0832. The number of aliphatic hydroxyl groups excluding tert-OH is 1. The van der Waals surface area contributed by atoms with Gasteiger partial charge in [-0.15, -0.1) is 6.58 Å². The van der Waals surface area contributed by atoms with Gasteiger partial charge in [0.05, 0.1) is 0 Å². The minimum atomic E-state index is -0.856. The van der Waals surface area contributed by atoms with Crippen LogP contribution in [0.4, 0.5) is 4.79 Å². The summed E-state index contributed by atoms with van der Waals surface area (Å²) in [6.45, 7) is 4.88. The molecule has 0 aromatic carbocycles. The quantitative estimate of drug-likeness (QED) is 0.699. The number of allylic oxidation sites excluding steroid dienone is 1. The Morgan fingerprint density at radius 3 is 2.47 bits per heavy atom. The molecule has 0 bridgehead atoms. The predicted molar refractivity (Wildman–Crippen MR) is 57.8 cm³/mol. The van der Waals surface area contributed by atoms with E-state index in [1.54, 1.807) is 0 Å². The van der Waals surface area contributed by atoms with Gasteiger partial charge in [0, 0.05) is 19.7 Å². The zero-order chi connectivity index (χ0) is 11.3. The molecule has 86 valence electrons. The number of likely N-dealkylation sites (tertiary alicyclic amines) is 1. The third-order valence-corrected chi connectivity index (χ3v) is 3.31. The number of hydrogen-bond acceptors (Lipinski definition) is 2. The van der Waals surface area contributed by atoms with Crippen molar-refractivity contribution in [2.24, 2.45) is 5.41 Å². The van der Waals surface area contributed by atoms with Crippen molar-refractivity contribution >= 4 is 6.09 Å². The van der Waals surface area contributed by atoms with E-state index in [2.05, 4.69) is 6.58 Å². The minimum Gasteiger partial charge on any atom is -0.465 e. The van der Waals surface area contributed by atoms with E-state index in [0.717, 1.165) is 25.7 Å². The highest BCUT2D eigenvalue weighted by atomic mass is 16.4. The lowest BCUT2D eigenvalue weighted by Gasteiger charge is -2.39. The number of amides is 1. The van der Waals surface area contributed by atoms with Crippen LogP contribution < -0.4 is 0 Å². The predicted octanol–water partition coefficient (Wildman–Crippen LogP) is 1.71. The fourth-order valence-electron chi connectivity index (χ4n) is 2.07. The molecule has 0 aromatic rings. The molecular formula is C11H19NO3. The average molecular weight is 213 g/mol. The standard InChI is InChI=1S/C11H19NO3/c1-2-3-4-11(9-13)5-7-12(8-6-11)10(14)15/h2,13H,1,3-9H2,(H,14,15). The molecule has 1 aliphatic rings. The number of nitrogens with zero attached hydrogens (tertiary/aromatic N) is 1. The van der Waals surface area contributed by atoms with Gasteiger partial charge in [0.1, 0.15) is 0 Å². The summed E-state index contributed by atoms with van der Waals surface area (Å²) in [5, 5.41) is 18.2. The second-order valence-electron chi connectivity index (χ2n) is 4.26. The van der Waals surface area contributed by atoms with Crippen molar-refractivity contribution in [2.75, 3.05) is 19.7 Å². The lowest BCUT2D eigenvalue weighted by atomic mass is 9.75. The van der Waals surface area contributed by atoms with Crippen molar-refractivity contribution in [1.82, 2.24) is 4.90 Å². The zero-order valence-electron chi connectivity index (χ0n) is 8.98. The number of carboxylic acid groups (broad SMARTS) is 1. The van der Waals surface area contributed by atoms with E-state index in [0.29, 0.717) is 13.1 Å². The van der Waals surface area contributed by atoms with E-state index >= 15 is 0 Å². The van der Waals surface area contributed by atoms with Gasteiger partial charge in [0.25, 0.3) is 0 Å². The molecule has 4 nitrogen and oxygen atoms in total. The molecule has 0 spiro atoms. The van der Waals surface area contributed by atoms with Crippen LogP contribution in [0.5, 0.6) is 0 Å². The van der Waals surface area contributed by atoms with Crippen molar-refractivity contribution in [1.29, 1.82) is 0 Å². The third-order valence-electron chi connectivity index (χ3n) is 3.31. The summed E-state index contributed by atoms with van der Waals surface area (Å²) in [5.74, 6) is 0. The normalized spacial score (nSPS) is 19.9. The lowest BCUT2D eigenvalue weighted by molar-refractivity contribution is 0.0390. The summed E-state index contributed by atoms with van der Waals surface area (Å²) in [6.07, 6.45) is 4.28. The molecule has 1 fully saturated rings. The van der Waals surface area contributed by atoms with Crippen molar-refractivity contribution < 1.29 is 15.0 Å². The van der Waals surface area contributed by atoms with Crippen LogP contribution in [0.2, 0.25) is 0 Å². The first-order valence-corrected chi connectivity index (χ1v) is 5.33. The topological polar surface area (TPSA) is 60.8 Å². The number of carbonyl (C=O) groups is 1. The SMILES string of the molecule is C=CCCC1(CO)CCN(C(=O)O)CC1. The number of aliphatic hydroxyl groups is 1. The fourth-order valence-corrected chi connectivity index (χ4v) is 2.07. The van der Waals surface area contributed by atoms with Gasteiger partial charge in [0.15, 0.2) is 0 Å². The summed E-state index contributed by atoms with van der Waals surface area (Å²) in [6, 6.07) is 0. The third kappa shape index (κ3) is 2.96. The molecule has 1 amide bonds. The largest absolute Gasteiger partial charge is 0.465 e. The molecule has 4 heteroatoms. The van der Waals surface area contributed by atoms with E-state index in [-0.39, 0.29) is 12.0 Å². The van der Waals surface area contributed by atoms with E-state index in [1.807, 2.05) is 6.08 Å². The van der Waals surface area contributed by atoms with Crippen LogP contribution in [0, 0.1) is 5.41 Å². The van der Waals surface area contributed by atoms with Gasteiger partial charge in [-0.05, 0) is 31.1 Å². The maximum atomic E-state index is 10.7. The Balaban J connectivity index is 2.50. The zero-order valence-corrected chi connectivity index (χ0v) is 8.98. The second-order valence-corrected chi connectivity index (χ2v) is 4.26. The molecule has 0 aromatic heterocycles. The van der Waals surface area contributed by atoms with Crippen molar-refractivity contribution in [3.8, 4) is 0 Å². The lowest BCUT2D eigenvalue weighted by Crippen LogP contribution is -2.44. The van der Waals surface area contributed by atoms with Gasteiger partial charge in [0.2, 0.25) is 0 Å². The first kappa shape index (κ1) is 12.0. The first-order valence-electron chi connectivity index (χ1n) is 5.33. The first-order chi connectivity index (χ1) is 7.13. The Kier molecular flexibility index (Phi) is 4.15. The van der Waals surface area contributed by atoms with Crippen LogP contribution >= 0.6 is 0 Å². The van der Waals surface area contributed by atoms with E-state index in [1.165, 1.54) is 4.90 Å². The molecular weight excluding hydrogens is 194 g/mol. The van der Waals surface area contributed by atoms with Gasteiger partial charge in [-0.1, -0.05) is 6.08 Å². The number of piperidine rings is 1. The highest BCUT2D eigenvalue weighted by Gasteiger charge is 2.34. The Bertz CT molecular complexity index is 232. The summed E-state index contributed by atoms with van der Waals surface area (Å²) >= 11 is 0. The van der Waals surface area contributed by atoms with Gasteiger partial charge in [-0.25, -0.2) is 4.79 Å². The highest BCUT2D eigenvalue weighted by molar-refractivity contribution is 5.65. The summed E-state index contributed by atoms with van der Waals surface area (Å²) < 4.78 is 0. The van der Waals surface area contributed by atoms with Gasteiger partial charge in [-0.2, -0.15) is 0 Å². The van der Waals surface area contributed by atoms with Crippen LogP contribution in [-0.2, 0) is 0 Å². The van der Waals surface area contributed by atoms with Crippen molar-refractivity contribution in [2.45, 2.75) is 25.7 Å². The molecule has 1 saturated heterocycles. The van der Waals surface area contributed by atoms with Crippen LogP contribution in [0.3, 0.4) is 0 Å². The molecule has 0 aliphatic carbocycles. The highest BCUT2D eigenvalue weighted by Crippen LogP contribution is 2.35. The molecule has 15 heavy (non-hydrogen) atoms. The molecule has 1 heterocycles. The maximum absolute atomic E-state index is 10.7. The second kappa shape index (κ2) is 5.16. The Morgan fingerprint density at radius 1 is 1.47 bits per heavy atom. The average Bonchev–Trinajstić information content (AvgIpc) is 2.27. The number of hydrogen-bond donors (Lipinski definition) is 2. The Hall–Kier alpha value is -1.03. The van der Waals surface area contributed by atoms with Gasteiger partial charge in [-0.3, -0.25) is 0 Å². The van der Waals surface area contributed by atoms with E-state index in [4.69, 9.17) is 5.11 Å². The smallest absolute Gasteiger partial charge is 0.407 e. The maximum Gasteiger partial charge on any atom is 0.407 e. The minimum absolute atomic E-state index is 0.0832. The molecule has 0 saturated carbocycles. The summed E-state index contributed by atoms with van der Waals surface area (Å²) in [7, 11) is 0. The van der Waals surface area contributed by atoms with Crippen LogP contribution in [0.15, 0.2) is 12.7 Å². The van der Waals surface area contributed by atoms with Crippen LogP contribution in [-0.4, -0.2) is 40.9 Å². The van der Waals surface area contributed by atoms with Crippen molar-refractivity contribution in [3.05, 3.63) is 12.7 Å². The van der Waals surface area contributed by atoms with E-state index < -0.39 is 6.09 Å². The molecule has 2 N–H and O–H groups in total. The molecule has 1 rings (SSSR count). The van der Waals surface area contributed by atoms with E-state index in [9.17, 15) is 9.90 Å². The summed E-state index contributed by atoms with van der Waals surface area (Å²) in [4.78, 5) is 12.1. The van der Waals surface area contributed by atoms with Crippen LogP contribution in [0.25, 0.3) is 0 Å². The Labute approximate surface area is 90.2 Å². The molecule has 1 aliphatic heterocycles. The van der Waals surface area contributed by atoms with Gasteiger partial charge >= 0.3 is 6.09 Å². The van der Waals surface area contributed by atoms with Gasteiger partial charge < -0.3 is 15.1 Å². The fraction of sp³-hybridized carbons (Fsp3) is 0.727. The molecule has 0 unspecified atom stereocenters.